The summed E-state index contributed by atoms with van der Waals surface area (Å²) in [6.07, 6.45) is 9.62. The Morgan fingerprint density at radius 1 is 1.05 bits per heavy atom. The van der Waals surface area contributed by atoms with Crippen molar-refractivity contribution in [2.75, 3.05) is 13.2 Å². The van der Waals surface area contributed by atoms with Gasteiger partial charge in [0.25, 0.3) is 0 Å². The molecular weight excluding hydrogens is 242 g/mol. The maximum absolute atomic E-state index is 12.0. The minimum atomic E-state index is -0.313. The summed E-state index contributed by atoms with van der Waals surface area (Å²) in [5.74, 6) is 0.574. The van der Waals surface area contributed by atoms with Gasteiger partial charge in [-0.25, -0.2) is 0 Å². The van der Waals surface area contributed by atoms with E-state index in [4.69, 9.17) is 9.47 Å². The number of amides is 1. The maximum Gasteiger partial charge on any atom is 0.220 e. The summed E-state index contributed by atoms with van der Waals surface area (Å²) in [5.41, 5.74) is 0. The molecule has 1 N–H and O–H groups in total. The number of hydrogen-bond acceptors (Lipinski definition) is 3. The van der Waals surface area contributed by atoms with Crippen molar-refractivity contribution >= 4 is 5.91 Å². The lowest BCUT2D eigenvalue weighted by Gasteiger charge is -2.35. The van der Waals surface area contributed by atoms with Crippen LogP contribution in [0.2, 0.25) is 0 Å². The van der Waals surface area contributed by atoms with E-state index in [9.17, 15) is 4.79 Å². The molecule has 19 heavy (non-hydrogen) atoms. The topological polar surface area (TPSA) is 47.6 Å². The molecule has 1 amide bonds. The molecule has 4 heteroatoms. The van der Waals surface area contributed by atoms with Crippen LogP contribution in [-0.2, 0) is 14.3 Å². The molecule has 2 aliphatic carbocycles. The van der Waals surface area contributed by atoms with Crippen LogP contribution in [0.3, 0.4) is 0 Å². The normalized spacial score (nSPS) is 28.0. The summed E-state index contributed by atoms with van der Waals surface area (Å²) in [6, 6.07) is 0.326. The van der Waals surface area contributed by atoms with Gasteiger partial charge in [0.1, 0.15) is 0 Å². The van der Waals surface area contributed by atoms with Crippen LogP contribution in [0, 0.1) is 5.92 Å². The zero-order valence-electron chi connectivity index (χ0n) is 11.7. The average molecular weight is 267 g/mol. The Labute approximate surface area is 115 Å². The molecule has 0 aromatic carbocycles. The molecule has 0 radical (unpaired) electrons. The lowest BCUT2D eigenvalue weighted by Crippen LogP contribution is -2.44. The second kappa shape index (κ2) is 5.80. The largest absolute Gasteiger partial charge is 0.353 e. The lowest BCUT2D eigenvalue weighted by molar-refractivity contribution is -0.180. The van der Waals surface area contributed by atoms with Crippen molar-refractivity contribution < 1.29 is 14.3 Å². The average Bonchev–Trinajstić information content (AvgIpc) is 3.05. The molecule has 0 aromatic rings. The van der Waals surface area contributed by atoms with Crippen LogP contribution in [0.25, 0.3) is 0 Å². The highest BCUT2D eigenvalue weighted by Gasteiger charge is 2.40. The molecule has 1 saturated heterocycles. The van der Waals surface area contributed by atoms with Crippen LogP contribution in [-0.4, -0.2) is 30.9 Å². The lowest BCUT2D eigenvalue weighted by atomic mass is 9.89. The fraction of sp³-hybridized carbons (Fsp3) is 0.933. The van der Waals surface area contributed by atoms with E-state index in [-0.39, 0.29) is 11.7 Å². The number of rotatable bonds is 3. The van der Waals surface area contributed by atoms with E-state index < -0.39 is 0 Å². The van der Waals surface area contributed by atoms with Gasteiger partial charge in [-0.2, -0.15) is 0 Å². The van der Waals surface area contributed by atoms with Gasteiger partial charge in [-0.15, -0.1) is 0 Å². The number of ether oxygens (including phenoxy) is 2. The number of nitrogens with one attached hydrogen (secondary N) is 1. The fourth-order valence-corrected chi connectivity index (χ4v) is 3.75. The molecule has 3 fully saturated rings. The van der Waals surface area contributed by atoms with E-state index >= 15 is 0 Å². The maximum atomic E-state index is 12.0. The zero-order chi connectivity index (χ0) is 13.1. The first-order valence-corrected chi connectivity index (χ1v) is 7.83. The van der Waals surface area contributed by atoms with Crippen LogP contribution in [0.15, 0.2) is 0 Å². The first kappa shape index (κ1) is 13.4. The van der Waals surface area contributed by atoms with Crippen LogP contribution >= 0.6 is 0 Å². The number of carbonyl (C=O) groups excluding carboxylic acids is 1. The summed E-state index contributed by atoms with van der Waals surface area (Å²) < 4.78 is 11.4. The van der Waals surface area contributed by atoms with E-state index in [1.165, 1.54) is 25.7 Å². The van der Waals surface area contributed by atoms with Gasteiger partial charge in [0, 0.05) is 25.3 Å². The van der Waals surface area contributed by atoms with Crippen LogP contribution in [0.5, 0.6) is 0 Å². The third-order valence-electron chi connectivity index (χ3n) is 4.87. The van der Waals surface area contributed by atoms with Gasteiger partial charge in [-0.1, -0.05) is 12.8 Å². The zero-order valence-corrected chi connectivity index (χ0v) is 11.7. The molecule has 0 unspecified atom stereocenters. The minimum Gasteiger partial charge on any atom is -0.353 e. The van der Waals surface area contributed by atoms with Crippen LogP contribution in [0.1, 0.15) is 57.8 Å². The molecule has 3 aliphatic rings. The van der Waals surface area contributed by atoms with Crippen molar-refractivity contribution in [3.8, 4) is 0 Å². The molecule has 108 valence electrons. The standard InChI is InChI=1S/C15H25NO3/c17-14(11-12-3-1-2-4-12)16-13-5-7-15(8-6-13)18-9-10-19-15/h12-13H,1-11H2,(H,16,17). The molecule has 1 aliphatic heterocycles. The quantitative estimate of drug-likeness (QED) is 0.854. The Morgan fingerprint density at radius 3 is 2.32 bits per heavy atom. The van der Waals surface area contributed by atoms with Crippen molar-refractivity contribution in [2.24, 2.45) is 5.92 Å². The molecule has 1 spiro atoms. The first-order valence-electron chi connectivity index (χ1n) is 7.83. The summed E-state index contributed by atoms with van der Waals surface area (Å²) in [6.45, 7) is 1.44. The van der Waals surface area contributed by atoms with E-state index in [0.29, 0.717) is 12.0 Å². The van der Waals surface area contributed by atoms with Crippen molar-refractivity contribution in [3.05, 3.63) is 0 Å². The highest BCUT2D eigenvalue weighted by molar-refractivity contribution is 5.76. The van der Waals surface area contributed by atoms with Crippen molar-refractivity contribution in [1.82, 2.24) is 5.32 Å². The minimum absolute atomic E-state index is 0.251. The van der Waals surface area contributed by atoms with Crippen molar-refractivity contribution in [1.29, 1.82) is 0 Å². The van der Waals surface area contributed by atoms with Crippen LogP contribution < -0.4 is 5.32 Å². The second-order valence-electron chi connectivity index (χ2n) is 6.30. The fourth-order valence-electron chi connectivity index (χ4n) is 3.75. The monoisotopic (exact) mass is 267 g/mol. The Bertz CT molecular complexity index is 309. The van der Waals surface area contributed by atoms with Gasteiger partial charge < -0.3 is 14.8 Å². The molecule has 0 bridgehead atoms. The van der Waals surface area contributed by atoms with E-state index in [0.717, 1.165) is 45.3 Å². The molecule has 0 aromatic heterocycles. The predicted octanol–water partition coefficient (Wildman–Crippen LogP) is 2.37. The third-order valence-corrected chi connectivity index (χ3v) is 4.87. The predicted molar refractivity (Wildman–Crippen MR) is 71.6 cm³/mol. The van der Waals surface area contributed by atoms with E-state index in [1.807, 2.05) is 0 Å². The Kier molecular flexibility index (Phi) is 4.08. The Hall–Kier alpha value is -0.610. The molecule has 0 atom stereocenters. The van der Waals surface area contributed by atoms with Gasteiger partial charge in [0.15, 0.2) is 5.79 Å². The van der Waals surface area contributed by atoms with Gasteiger partial charge in [0.05, 0.1) is 13.2 Å². The molecular formula is C15H25NO3. The van der Waals surface area contributed by atoms with Gasteiger partial charge >= 0.3 is 0 Å². The highest BCUT2D eigenvalue weighted by atomic mass is 16.7. The summed E-state index contributed by atoms with van der Waals surface area (Å²) in [5, 5.41) is 3.20. The van der Waals surface area contributed by atoms with E-state index in [2.05, 4.69) is 5.32 Å². The molecule has 1 heterocycles. The van der Waals surface area contributed by atoms with Crippen molar-refractivity contribution in [2.45, 2.75) is 69.6 Å². The SMILES string of the molecule is O=C(CC1CCCC1)NC1CCC2(CC1)OCCO2. The van der Waals surface area contributed by atoms with Gasteiger partial charge in [-0.05, 0) is 31.6 Å². The summed E-state index contributed by atoms with van der Waals surface area (Å²) in [4.78, 5) is 12.0. The summed E-state index contributed by atoms with van der Waals surface area (Å²) >= 11 is 0. The van der Waals surface area contributed by atoms with E-state index in [1.54, 1.807) is 0 Å². The molecule has 4 nitrogen and oxygen atoms in total. The number of carbonyl (C=O) groups is 1. The summed E-state index contributed by atoms with van der Waals surface area (Å²) in [7, 11) is 0. The highest BCUT2D eigenvalue weighted by Crippen LogP contribution is 2.36. The third kappa shape index (κ3) is 3.29. The van der Waals surface area contributed by atoms with Gasteiger partial charge in [-0.3, -0.25) is 4.79 Å². The first-order chi connectivity index (χ1) is 9.26. The smallest absolute Gasteiger partial charge is 0.220 e. The van der Waals surface area contributed by atoms with Crippen molar-refractivity contribution in [3.63, 3.8) is 0 Å². The molecule has 3 rings (SSSR count). The van der Waals surface area contributed by atoms with Crippen LogP contribution in [0.4, 0.5) is 0 Å². The Balaban J connectivity index is 1.40. The van der Waals surface area contributed by atoms with Gasteiger partial charge in [0.2, 0.25) is 5.91 Å². The molecule has 2 saturated carbocycles. The number of hydrogen-bond donors (Lipinski definition) is 1. The second-order valence-corrected chi connectivity index (χ2v) is 6.30. The Morgan fingerprint density at radius 2 is 1.68 bits per heavy atom.